The molecule has 1 atom stereocenters. The Bertz CT molecular complexity index is 694. The molecule has 0 aliphatic heterocycles. The van der Waals surface area contributed by atoms with Gasteiger partial charge >= 0.3 is 0 Å². The molecule has 0 bridgehead atoms. The van der Waals surface area contributed by atoms with Gasteiger partial charge in [0.25, 0.3) is 0 Å². The van der Waals surface area contributed by atoms with E-state index in [9.17, 15) is 9.18 Å². The summed E-state index contributed by atoms with van der Waals surface area (Å²) in [6, 6.07) is 1.30. The van der Waals surface area contributed by atoms with E-state index < -0.39 is 5.82 Å². The largest absolute Gasteiger partial charge is 0.308 e. The van der Waals surface area contributed by atoms with Crippen LogP contribution in [0.1, 0.15) is 20.3 Å². The number of carbonyl (C=O) groups excluding carboxylic acids is 1. The van der Waals surface area contributed by atoms with Crippen LogP contribution in [0.3, 0.4) is 0 Å². The van der Waals surface area contributed by atoms with Gasteiger partial charge in [-0.2, -0.15) is 16.9 Å². The zero-order valence-electron chi connectivity index (χ0n) is 13.2. The van der Waals surface area contributed by atoms with E-state index in [1.54, 1.807) is 22.9 Å². The Morgan fingerprint density at radius 2 is 2.26 bits per heavy atom. The van der Waals surface area contributed by atoms with Crippen molar-refractivity contribution in [1.82, 2.24) is 14.8 Å². The fourth-order valence-electron chi connectivity index (χ4n) is 2.10. The van der Waals surface area contributed by atoms with E-state index >= 15 is 0 Å². The Hall–Kier alpha value is -1.60. The van der Waals surface area contributed by atoms with Crippen molar-refractivity contribution in [3.8, 4) is 5.69 Å². The highest BCUT2D eigenvalue weighted by atomic mass is 35.5. The van der Waals surface area contributed by atoms with Gasteiger partial charge in [-0.3, -0.25) is 9.78 Å². The second-order valence-electron chi connectivity index (χ2n) is 5.00. The summed E-state index contributed by atoms with van der Waals surface area (Å²) in [6.07, 6.45) is 6.59. The van der Waals surface area contributed by atoms with Crippen LogP contribution in [-0.4, -0.2) is 38.7 Å². The third-order valence-electron chi connectivity index (χ3n) is 3.38. The molecule has 0 aliphatic carbocycles. The SMILES string of the molecule is CCN(C(=O)CC(C)SC)c1cn(-c2cncc(F)c2)nc1Cl. The molecule has 2 aromatic heterocycles. The Morgan fingerprint density at radius 1 is 1.52 bits per heavy atom. The summed E-state index contributed by atoms with van der Waals surface area (Å²) < 4.78 is 14.7. The Balaban J connectivity index is 2.30. The number of anilines is 1. The van der Waals surface area contributed by atoms with Crippen LogP contribution >= 0.6 is 23.4 Å². The smallest absolute Gasteiger partial charge is 0.228 e. The summed E-state index contributed by atoms with van der Waals surface area (Å²) in [6.45, 7) is 4.35. The third kappa shape index (κ3) is 4.23. The summed E-state index contributed by atoms with van der Waals surface area (Å²) in [4.78, 5) is 17.8. The van der Waals surface area contributed by atoms with Gasteiger partial charge in [0, 0.05) is 24.3 Å². The Morgan fingerprint density at radius 3 is 2.87 bits per heavy atom. The topological polar surface area (TPSA) is 51.0 Å². The van der Waals surface area contributed by atoms with Gasteiger partial charge in [-0.05, 0) is 13.2 Å². The average Bonchev–Trinajstić information content (AvgIpc) is 2.90. The number of nitrogens with zero attached hydrogens (tertiary/aromatic N) is 4. The second-order valence-corrected chi connectivity index (χ2v) is 6.63. The van der Waals surface area contributed by atoms with E-state index in [0.29, 0.717) is 24.3 Å². The molecule has 8 heteroatoms. The fourth-order valence-corrected chi connectivity index (χ4v) is 2.65. The van der Waals surface area contributed by atoms with Crippen molar-refractivity contribution >= 4 is 35.0 Å². The summed E-state index contributed by atoms with van der Waals surface area (Å²) >= 11 is 7.81. The quantitative estimate of drug-likeness (QED) is 0.794. The molecule has 0 saturated carbocycles. The van der Waals surface area contributed by atoms with Crippen LogP contribution in [0.25, 0.3) is 5.69 Å². The third-order valence-corrected chi connectivity index (χ3v) is 4.62. The molecule has 0 aliphatic rings. The van der Waals surface area contributed by atoms with Crippen LogP contribution in [0.5, 0.6) is 0 Å². The first kappa shape index (κ1) is 17.7. The molecule has 23 heavy (non-hydrogen) atoms. The molecular weight excluding hydrogens is 339 g/mol. The summed E-state index contributed by atoms with van der Waals surface area (Å²) in [5.41, 5.74) is 0.955. The molecule has 0 aromatic carbocycles. The Labute approximate surface area is 143 Å². The van der Waals surface area contributed by atoms with E-state index in [-0.39, 0.29) is 16.3 Å². The van der Waals surface area contributed by atoms with Gasteiger partial charge in [-0.15, -0.1) is 0 Å². The summed E-state index contributed by atoms with van der Waals surface area (Å²) in [7, 11) is 0. The van der Waals surface area contributed by atoms with Crippen molar-refractivity contribution in [2.24, 2.45) is 0 Å². The second kappa shape index (κ2) is 7.79. The molecule has 2 aromatic rings. The number of rotatable bonds is 6. The molecule has 124 valence electrons. The lowest BCUT2D eigenvalue weighted by Crippen LogP contribution is -2.32. The van der Waals surface area contributed by atoms with Crippen LogP contribution < -0.4 is 4.90 Å². The van der Waals surface area contributed by atoms with Gasteiger partial charge < -0.3 is 4.90 Å². The minimum absolute atomic E-state index is 0.0202. The highest BCUT2D eigenvalue weighted by Crippen LogP contribution is 2.27. The lowest BCUT2D eigenvalue weighted by Gasteiger charge is -2.21. The highest BCUT2D eigenvalue weighted by Gasteiger charge is 2.21. The number of pyridine rings is 1. The van der Waals surface area contributed by atoms with Gasteiger partial charge in [0.05, 0.1) is 24.3 Å². The van der Waals surface area contributed by atoms with E-state index in [1.165, 1.54) is 16.9 Å². The van der Waals surface area contributed by atoms with Crippen molar-refractivity contribution in [2.45, 2.75) is 25.5 Å². The lowest BCUT2D eigenvalue weighted by atomic mass is 10.3. The van der Waals surface area contributed by atoms with Crippen molar-refractivity contribution in [1.29, 1.82) is 0 Å². The summed E-state index contributed by atoms with van der Waals surface area (Å²) in [5, 5.41) is 4.56. The number of amides is 1. The Kier molecular flexibility index (Phi) is 6.01. The average molecular weight is 357 g/mol. The molecule has 0 N–H and O–H groups in total. The van der Waals surface area contributed by atoms with Gasteiger partial charge in [0.2, 0.25) is 5.91 Å². The number of aromatic nitrogens is 3. The maximum absolute atomic E-state index is 13.3. The first-order valence-corrected chi connectivity index (χ1v) is 8.82. The zero-order chi connectivity index (χ0) is 17.0. The monoisotopic (exact) mass is 356 g/mol. The zero-order valence-corrected chi connectivity index (χ0v) is 14.7. The highest BCUT2D eigenvalue weighted by molar-refractivity contribution is 7.99. The molecule has 0 saturated heterocycles. The fraction of sp³-hybridized carbons (Fsp3) is 0.400. The van der Waals surface area contributed by atoms with E-state index in [4.69, 9.17) is 11.6 Å². The minimum Gasteiger partial charge on any atom is -0.308 e. The van der Waals surface area contributed by atoms with Crippen molar-refractivity contribution in [3.05, 3.63) is 35.6 Å². The van der Waals surface area contributed by atoms with Gasteiger partial charge in [0.1, 0.15) is 11.5 Å². The van der Waals surface area contributed by atoms with E-state index in [2.05, 4.69) is 10.1 Å². The standard InChI is InChI=1S/C15H18ClFN4OS/c1-4-20(14(22)5-10(2)23-3)13-9-21(19-15(13)16)12-6-11(17)7-18-8-12/h6-10H,4-5H2,1-3H3. The number of halogens is 2. The first-order chi connectivity index (χ1) is 11.0. The number of carbonyl (C=O) groups is 1. The van der Waals surface area contributed by atoms with Crippen molar-refractivity contribution in [3.63, 3.8) is 0 Å². The van der Waals surface area contributed by atoms with Crippen LogP contribution in [-0.2, 0) is 4.79 Å². The van der Waals surface area contributed by atoms with Gasteiger partial charge in [-0.1, -0.05) is 18.5 Å². The molecule has 5 nitrogen and oxygen atoms in total. The van der Waals surface area contributed by atoms with E-state index in [1.807, 2.05) is 20.1 Å². The summed E-state index contributed by atoms with van der Waals surface area (Å²) in [5.74, 6) is -0.485. The minimum atomic E-state index is -0.465. The number of hydrogen-bond donors (Lipinski definition) is 0. The molecule has 0 fully saturated rings. The maximum Gasteiger partial charge on any atom is 0.228 e. The van der Waals surface area contributed by atoms with Crippen molar-refractivity contribution in [2.75, 3.05) is 17.7 Å². The normalized spacial score (nSPS) is 12.2. The lowest BCUT2D eigenvalue weighted by molar-refractivity contribution is -0.118. The first-order valence-electron chi connectivity index (χ1n) is 7.15. The molecule has 0 spiro atoms. The molecule has 1 unspecified atom stereocenters. The number of thioether (sulfide) groups is 1. The van der Waals surface area contributed by atoms with Gasteiger partial charge in [-0.25, -0.2) is 9.07 Å². The van der Waals surface area contributed by atoms with Crippen LogP contribution in [0, 0.1) is 5.82 Å². The number of hydrogen-bond acceptors (Lipinski definition) is 4. The van der Waals surface area contributed by atoms with Crippen LogP contribution in [0.2, 0.25) is 5.15 Å². The van der Waals surface area contributed by atoms with Crippen LogP contribution in [0.4, 0.5) is 10.1 Å². The molecule has 1 amide bonds. The van der Waals surface area contributed by atoms with E-state index in [0.717, 1.165) is 6.20 Å². The molecule has 2 rings (SSSR count). The van der Waals surface area contributed by atoms with Gasteiger partial charge in [0.15, 0.2) is 5.15 Å². The van der Waals surface area contributed by atoms with Crippen LogP contribution in [0.15, 0.2) is 24.7 Å². The predicted molar refractivity (Wildman–Crippen MR) is 91.9 cm³/mol. The molecular formula is C15H18ClFN4OS. The molecule has 2 heterocycles. The predicted octanol–water partition coefficient (Wildman–Crippen LogP) is 3.55. The maximum atomic E-state index is 13.3. The molecule has 0 radical (unpaired) electrons. The van der Waals surface area contributed by atoms with Crippen molar-refractivity contribution < 1.29 is 9.18 Å².